The summed E-state index contributed by atoms with van der Waals surface area (Å²) in [6.07, 6.45) is 2.08. The number of nitrogens with two attached hydrogens (primary N) is 1. The summed E-state index contributed by atoms with van der Waals surface area (Å²) in [5.74, 6) is 0. The Hall–Kier alpha value is -0.980. The first kappa shape index (κ1) is 10.5. The Kier molecular flexibility index (Phi) is 3.30. The van der Waals surface area contributed by atoms with Crippen LogP contribution in [-0.2, 0) is 17.8 Å². The molecule has 2 rings (SSSR count). The van der Waals surface area contributed by atoms with Gasteiger partial charge in [-0.05, 0) is 12.8 Å². The largest absolute Gasteiger partial charge is 0.394 e. The van der Waals surface area contributed by atoms with E-state index in [0.717, 1.165) is 30.8 Å². The molecule has 1 unspecified atom stereocenters. The summed E-state index contributed by atoms with van der Waals surface area (Å²) < 4.78 is 7.28. The van der Waals surface area contributed by atoms with E-state index in [1.54, 1.807) is 4.68 Å². The fourth-order valence-electron chi connectivity index (χ4n) is 1.91. The lowest BCUT2D eigenvalue weighted by Gasteiger charge is -2.12. The maximum atomic E-state index is 8.91. The second-order valence-electron chi connectivity index (χ2n) is 3.57. The van der Waals surface area contributed by atoms with Crippen LogP contribution in [0.25, 0.3) is 0 Å². The molecule has 6 heteroatoms. The van der Waals surface area contributed by atoms with Crippen molar-refractivity contribution >= 4 is 0 Å². The minimum absolute atomic E-state index is 0.0464. The fourth-order valence-corrected chi connectivity index (χ4v) is 1.91. The van der Waals surface area contributed by atoms with Gasteiger partial charge < -0.3 is 15.6 Å². The number of hydrogen-bond donors (Lipinski definition) is 2. The van der Waals surface area contributed by atoms with E-state index < -0.39 is 0 Å². The molecule has 2 heterocycles. The van der Waals surface area contributed by atoms with Gasteiger partial charge in [-0.25, -0.2) is 4.68 Å². The SMILES string of the molecule is NCc1nnn(CCO)c1C1CCCO1. The van der Waals surface area contributed by atoms with Crippen molar-refractivity contribution in [1.29, 1.82) is 0 Å². The Morgan fingerprint density at radius 3 is 3.07 bits per heavy atom. The van der Waals surface area contributed by atoms with Crippen molar-refractivity contribution in [1.82, 2.24) is 15.0 Å². The summed E-state index contributed by atoms with van der Waals surface area (Å²) in [5, 5.41) is 16.9. The molecule has 15 heavy (non-hydrogen) atoms. The zero-order chi connectivity index (χ0) is 10.7. The first-order valence-electron chi connectivity index (χ1n) is 5.21. The fraction of sp³-hybridized carbons (Fsp3) is 0.778. The van der Waals surface area contributed by atoms with Crippen molar-refractivity contribution in [2.45, 2.75) is 32.0 Å². The van der Waals surface area contributed by atoms with Crippen molar-refractivity contribution in [3.8, 4) is 0 Å². The summed E-state index contributed by atoms with van der Waals surface area (Å²) in [6.45, 7) is 1.63. The predicted octanol–water partition coefficient (Wildman–Crippen LogP) is -0.419. The van der Waals surface area contributed by atoms with Gasteiger partial charge in [0, 0.05) is 13.2 Å². The van der Waals surface area contributed by atoms with Crippen molar-refractivity contribution in [2.75, 3.05) is 13.2 Å². The van der Waals surface area contributed by atoms with Crippen LogP contribution in [0.15, 0.2) is 0 Å². The molecule has 0 aromatic carbocycles. The van der Waals surface area contributed by atoms with E-state index in [4.69, 9.17) is 15.6 Å². The lowest BCUT2D eigenvalue weighted by Crippen LogP contribution is -2.13. The molecule has 1 aromatic heterocycles. The third-order valence-electron chi connectivity index (χ3n) is 2.59. The molecule has 1 aliphatic heterocycles. The number of hydrogen-bond acceptors (Lipinski definition) is 5. The second kappa shape index (κ2) is 4.69. The maximum Gasteiger partial charge on any atom is 0.102 e. The Morgan fingerprint density at radius 2 is 2.47 bits per heavy atom. The topological polar surface area (TPSA) is 86.2 Å². The molecule has 3 N–H and O–H groups in total. The van der Waals surface area contributed by atoms with Crippen LogP contribution in [0.1, 0.15) is 30.3 Å². The minimum atomic E-state index is 0.0464. The van der Waals surface area contributed by atoms with E-state index >= 15 is 0 Å². The standard InChI is InChI=1S/C9H16N4O2/c10-6-7-9(8-2-1-5-15-8)13(3-4-14)12-11-7/h8,14H,1-6,10H2. The second-order valence-corrected chi connectivity index (χ2v) is 3.57. The van der Waals surface area contributed by atoms with Crippen molar-refractivity contribution in [3.05, 3.63) is 11.4 Å². The van der Waals surface area contributed by atoms with Crippen LogP contribution < -0.4 is 5.73 Å². The highest BCUT2D eigenvalue weighted by atomic mass is 16.5. The highest BCUT2D eigenvalue weighted by Crippen LogP contribution is 2.29. The van der Waals surface area contributed by atoms with Gasteiger partial charge in [0.2, 0.25) is 0 Å². The average Bonchev–Trinajstić information content (AvgIpc) is 2.85. The molecule has 84 valence electrons. The quantitative estimate of drug-likeness (QED) is 0.708. The number of ether oxygens (including phenoxy) is 1. The first-order valence-corrected chi connectivity index (χ1v) is 5.21. The predicted molar refractivity (Wildman–Crippen MR) is 52.9 cm³/mol. The van der Waals surface area contributed by atoms with E-state index in [9.17, 15) is 0 Å². The van der Waals surface area contributed by atoms with Gasteiger partial charge in [0.05, 0.1) is 18.8 Å². The highest BCUT2D eigenvalue weighted by Gasteiger charge is 2.25. The Balaban J connectivity index is 2.27. The van der Waals surface area contributed by atoms with Crippen LogP contribution in [0.5, 0.6) is 0 Å². The van der Waals surface area contributed by atoms with Crippen molar-refractivity contribution in [3.63, 3.8) is 0 Å². The van der Waals surface area contributed by atoms with Crippen LogP contribution in [0.4, 0.5) is 0 Å². The van der Waals surface area contributed by atoms with Crippen LogP contribution in [0.3, 0.4) is 0 Å². The molecular weight excluding hydrogens is 196 g/mol. The molecule has 1 saturated heterocycles. The zero-order valence-electron chi connectivity index (χ0n) is 8.59. The van der Waals surface area contributed by atoms with Crippen LogP contribution in [0, 0.1) is 0 Å². The zero-order valence-corrected chi connectivity index (χ0v) is 8.59. The summed E-state index contributed by atoms with van der Waals surface area (Å²) >= 11 is 0. The monoisotopic (exact) mass is 212 g/mol. The summed E-state index contributed by atoms with van der Waals surface area (Å²) in [7, 11) is 0. The Labute approximate surface area is 88.0 Å². The number of nitrogens with zero attached hydrogens (tertiary/aromatic N) is 3. The molecule has 1 fully saturated rings. The smallest absolute Gasteiger partial charge is 0.102 e. The van der Waals surface area contributed by atoms with Gasteiger partial charge in [0.15, 0.2) is 0 Å². The lowest BCUT2D eigenvalue weighted by atomic mass is 10.1. The average molecular weight is 212 g/mol. The molecule has 0 saturated carbocycles. The third-order valence-corrected chi connectivity index (χ3v) is 2.59. The molecule has 0 aliphatic carbocycles. The van der Waals surface area contributed by atoms with Crippen LogP contribution >= 0.6 is 0 Å². The molecule has 1 atom stereocenters. The highest BCUT2D eigenvalue weighted by molar-refractivity contribution is 5.14. The third kappa shape index (κ3) is 2.01. The summed E-state index contributed by atoms with van der Waals surface area (Å²) in [6, 6.07) is 0. The number of rotatable bonds is 4. The first-order chi connectivity index (χ1) is 7.36. The summed E-state index contributed by atoms with van der Waals surface area (Å²) in [4.78, 5) is 0. The minimum Gasteiger partial charge on any atom is -0.394 e. The molecule has 0 amide bonds. The van der Waals surface area contributed by atoms with E-state index in [1.165, 1.54) is 0 Å². The van der Waals surface area contributed by atoms with E-state index in [2.05, 4.69) is 10.3 Å². The Bertz CT molecular complexity index is 320. The number of aliphatic hydroxyl groups is 1. The van der Waals surface area contributed by atoms with Crippen molar-refractivity contribution < 1.29 is 9.84 Å². The maximum absolute atomic E-state index is 8.91. The van der Waals surface area contributed by atoms with Crippen LogP contribution in [0.2, 0.25) is 0 Å². The number of aromatic nitrogens is 3. The van der Waals surface area contributed by atoms with Gasteiger partial charge in [-0.15, -0.1) is 5.10 Å². The van der Waals surface area contributed by atoms with Gasteiger partial charge in [-0.3, -0.25) is 0 Å². The molecule has 1 aliphatic rings. The van der Waals surface area contributed by atoms with Gasteiger partial charge in [-0.2, -0.15) is 0 Å². The van der Waals surface area contributed by atoms with E-state index in [0.29, 0.717) is 13.1 Å². The molecule has 0 bridgehead atoms. The van der Waals surface area contributed by atoms with Gasteiger partial charge >= 0.3 is 0 Å². The van der Waals surface area contributed by atoms with Crippen molar-refractivity contribution in [2.24, 2.45) is 5.73 Å². The summed E-state index contributed by atoms with van der Waals surface area (Å²) in [5.41, 5.74) is 7.30. The van der Waals surface area contributed by atoms with Crippen LogP contribution in [-0.4, -0.2) is 33.3 Å². The van der Waals surface area contributed by atoms with E-state index in [-0.39, 0.29) is 12.7 Å². The molecule has 0 radical (unpaired) electrons. The molecule has 6 nitrogen and oxygen atoms in total. The molecular formula is C9H16N4O2. The Morgan fingerprint density at radius 1 is 1.60 bits per heavy atom. The molecule has 0 spiro atoms. The van der Waals surface area contributed by atoms with Gasteiger partial charge in [0.25, 0.3) is 0 Å². The van der Waals surface area contributed by atoms with Gasteiger partial charge in [0.1, 0.15) is 11.8 Å². The normalized spacial score (nSPS) is 21.1. The van der Waals surface area contributed by atoms with E-state index in [1.807, 2.05) is 0 Å². The van der Waals surface area contributed by atoms with Gasteiger partial charge in [-0.1, -0.05) is 5.21 Å². The lowest BCUT2D eigenvalue weighted by molar-refractivity contribution is 0.102. The molecule has 1 aromatic rings. The number of aliphatic hydroxyl groups excluding tert-OH is 1.